The van der Waals surface area contributed by atoms with Crippen LogP contribution in [0, 0.1) is 0 Å². The van der Waals surface area contributed by atoms with Gasteiger partial charge in [0.05, 0.1) is 5.56 Å². The molecule has 114 valence electrons. The highest BCUT2D eigenvalue weighted by Crippen LogP contribution is 2.36. The molecule has 3 nitrogen and oxygen atoms in total. The molecule has 22 heavy (non-hydrogen) atoms. The lowest BCUT2D eigenvalue weighted by Crippen LogP contribution is -2.16. The first-order valence-corrected chi connectivity index (χ1v) is 8.14. The lowest BCUT2D eigenvalue weighted by atomic mass is 9.83. The Hall–Kier alpha value is -1.87. The summed E-state index contributed by atoms with van der Waals surface area (Å²) in [5, 5.41) is 3.23. The number of nitrogens with zero attached hydrogens (tertiary/aromatic N) is 1. The van der Waals surface area contributed by atoms with Gasteiger partial charge in [0, 0.05) is 11.9 Å². The quantitative estimate of drug-likeness (QED) is 0.807. The number of nitrogens with one attached hydrogen (secondary N) is 1. The van der Waals surface area contributed by atoms with Crippen LogP contribution < -0.4 is 5.32 Å². The monoisotopic (exact) mass is 314 g/mol. The van der Waals surface area contributed by atoms with Crippen LogP contribution in [-0.2, 0) is 0 Å². The third kappa shape index (κ3) is 3.30. The van der Waals surface area contributed by atoms with Crippen LogP contribution in [0.4, 0.5) is 5.69 Å². The number of anilines is 1. The first-order chi connectivity index (χ1) is 10.8. The molecule has 1 heterocycles. The van der Waals surface area contributed by atoms with Crippen LogP contribution in [0.1, 0.15) is 53.9 Å². The van der Waals surface area contributed by atoms with Gasteiger partial charge >= 0.3 is 0 Å². The lowest BCUT2D eigenvalue weighted by Gasteiger charge is -2.24. The second kappa shape index (κ2) is 6.93. The van der Waals surface area contributed by atoms with Crippen LogP contribution in [0.5, 0.6) is 0 Å². The number of carbonyl (C=O) groups is 1. The number of para-hydroxylation sites is 1. The van der Waals surface area contributed by atoms with Crippen molar-refractivity contribution in [2.75, 3.05) is 5.32 Å². The van der Waals surface area contributed by atoms with Gasteiger partial charge in [0.25, 0.3) is 5.91 Å². The van der Waals surface area contributed by atoms with E-state index < -0.39 is 0 Å². The molecule has 1 saturated carbocycles. The topological polar surface area (TPSA) is 42.0 Å². The summed E-state index contributed by atoms with van der Waals surface area (Å²) in [6.45, 7) is 0. The third-order valence-electron chi connectivity index (χ3n) is 4.26. The molecule has 4 heteroatoms. The molecular weight excluding hydrogens is 296 g/mol. The molecule has 1 amide bonds. The zero-order valence-electron chi connectivity index (χ0n) is 12.4. The smallest absolute Gasteiger partial charge is 0.258 e. The van der Waals surface area contributed by atoms with Crippen molar-refractivity contribution in [1.82, 2.24) is 4.98 Å². The second-order valence-electron chi connectivity index (χ2n) is 5.72. The van der Waals surface area contributed by atoms with Gasteiger partial charge in [-0.3, -0.25) is 4.79 Å². The zero-order valence-corrected chi connectivity index (χ0v) is 13.1. The second-order valence-corrected chi connectivity index (χ2v) is 6.08. The first-order valence-electron chi connectivity index (χ1n) is 7.76. The number of aromatic nitrogens is 1. The molecule has 1 aliphatic carbocycles. The van der Waals surface area contributed by atoms with E-state index in [1.54, 1.807) is 18.3 Å². The zero-order chi connectivity index (χ0) is 15.4. The van der Waals surface area contributed by atoms with Crippen molar-refractivity contribution < 1.29 is 4.79 Å². The maximum atomic E-state index is 12.4. The minimum Gasteiger partial charge on any atom is -0.322 e. The van der Waals surface area contributed by atoms with Gasteiger partial charge < -0.3 is 5.32 Å². The summed E-state index contributed by atoms with van der Waals surface area (Å²) in [5.74, 6) is 0.330. The molecule has 1 aliphatic rings. The molecule has 0 spiro atoms. The predicted octanol–water partition coefficient (Wildman–Crippen LogP) is 5.04. The summed E-state index contributed by atoms with van der Waals surface area (Å²) in [7, 11) is 0. The molecule has 1 aromatic carbocycles. The normalized spacial score (nSPS) is 15.5. The maximum Gasteiger partial charge on any atom is 0.258 e. The average Bonchev–Trinajstić information content (AvgIpc) is 2.56. The SMILES string of the molecule is O=C(Nc1ccccc1C1CCCCC1)c1cccnc1Cl. The van der Waals surface area contributed by atoms with Gasteiger partial charge in [-0.2, -0.15) is 0 Å². The van der Waals surface area contributed by atoms with Crippen molar-refractivity contribution in [3.8, 4) is 0 Å². The summed E-state index contributed by atoms with van der Waals surface area (Å²) in [5.41, 5.74) is 2.53. The van der Waals surface area contributed by atoms with Gasteiger partial charge in [-0.1, -0.05) is 49.1 Å². The van der Waals surface area contributed by atoms with Crippen molar-refractivity contribution in [3.63, 3.8) is 0 Å². The summed E-state index contributed by atoms with van der Waals surface area (Å²) >= 11 is 6.00. The van der Waals surface area contributed by atoms with E-state index >= 15 is 0 Å². The van der Waals surface area contributed by atoms with Crippen LogP contribution >= 0.6 is 11.6 Å². The number of carbonyl (C=O) groups excluding carboxylic acids is 1. The highest BCUT2D eigenvalue weighted by atomic mass is 35.5. The fraction of sp³-hybridized carbons (Fsp3) is 0.333. The number of hydrogen-bond acceptors (Lipinski definition) is 2. The van der Waals surface area contributed by atoms with Crippen LogP contribution in [-0.4, -0.2) is 10.9 Å². The van der Waals surface area contributed by atoms with E-state index in [4.69, 9.17) is 11.6 Å². The summed E-state index contributed by atoms with van der Waals surface area (Å²) in [6, 6.07) is 11.5. The number of rotatable bonds is 3. The van der Waals surface area contributed by atoms with E-state index in [9.17, 15) is 4.79 Å². The number of amides is 1. The van der Waals surface area contributed by atoms with E-state index in [1.165, 1.54) is 37.7 Å². The summed E-state index contributed by atoms with van der Waals surface area (Å²) < 4.78 is 0. The summed E-state index contributed by atoms with van der Waals surface area (Å²) in [6.07, 6.45) is 7.81. The maximum absolute atomic E-state index is 12.4. The van der Waals surface area contributed by atoms with Crippen molar-refractivity contribution in [3.05, 3.63) is 58.9 Å². The molecule has 0 bridgehead atoms. The average molecular weight is 315 g/mol. The van der Waals surface area contributed by atoms with Crippen LogP contribution in [0.3, 0.4) is 0 Å². The molecule has 0 radical (unpaired) electrons. The third-order valence-corrected chi connectivity index (χ3v) is 4.56. The van der Waals surface area contributed by atoms with Gasteiger partial charge in [0.1, 0.15) is 5.15 Å². The standard InChI is InChI=1S/C18H19ClN2O/c19-17-15(10-6-12-20-17)18(22)21-16-11-5-4-9-14(16)13-7-2-1-3-8-13/h4-6,9-13H,1-3,7-8H2,(H,21,22). The fourth-order valence-electron chi connectivity index (χ4n) is 3.13. The Bertz CT molecular complexity index is 666. The van der Waals surface area contributed by atoms with Crippen molar-refractivity contribution in [2.45, 2.75) is 38.0 Å². The molecule has 3 rings (SSSR count). The Balaban J connectivity index is 1.83. The first kappa shape index (κ1) is 15.0. The summed E-state index contributed by atoms with van der Waals surface area (Å²) in [4.78, 5) is 16.4. The fourth-order valence-corrected chi connectivity index (χ4v) is 3.33. The lowest BCUT2D eigenvalue weighted by molar-refractivity contribution is 0.102. The van der Waals surface area contributed by atoms with Crippen molar-refractivity contribution in [1.29, 1.82) is 0 Å². The van der Waals surface area contributed by atoms with E-state index in [-0.39, 0.29) is 11.1 Å². The van der Waals surface area contributed by atoms with E-state index in [0.29, 0.717) is 11.5 Å². The molecule has 0 aliphatic heterocycles. The van der Waals surface area contributed by atoms with Gasteiger partial charge in [0.2, 0.25) is 0 Å². The van der Waals surface area contributed by atoms with Crippen molar-refractivity contribution >= 4 is 23.2 Å². The van der Waals surface area contributed by atoms with E-state index in [0.717, 1.165) is 5.69 Å². The molecule has 1 fully saturated rings. The number of benzene rings is 1. The van der Waals surface area contributed by atoms with Crippen LogP contribution in [0.2, 0.25) is 5.15 Å². The van der Waals surface area contributed by atoms with Gasteiger partial charge in [-0.15, -0.1) is 0 Å². The van der Waals surface area contributed by atoms with Crippen molar-refractivity contribution in [2.24, 2.45) is 0 Å². The number of hydrogen-bond donors (Lipinski definition) is 1. The largest absolute Gasteiger partial charge is 0.322 e. The molecule has 0 saturated heterocycles. The molecule has 1 aromatic heterocycles. The Morgan fingerprint density at radius 2 is 1.86 bits per heavy atom. The van der Waals surface area contributed by atoms with Crippen LogP contribution in [0.25, 0.3) is 0 Å². The Morgan fingerprint density at radius 3 is 2.64 bits per heavy atom. The van der Waals surface area contributed by atoms with Gasteiger partial charge in [-0.25, -0.2) is 4.98 Å². The molecule has 2 aromatic rings. The minimum absolute atomic E-state index is 0.207. The van der Waals surface area contributed by atoms with Crippen LogP contribution in [0.15, 0.2) is 42.6 Å². The number of halogens is 1. The Morgan fingerprint density at radius 1 is 1.09 bits per heavy atom. The Labute approximate surface area is 135 Å². The molecular formula is C18H19ClN2O. The molecule has 0 unspecified atom stereocenters. The minimum atomic E-state index is -0.207. The highest BCUT2D eigenvalue weighted by Gasteiger charge is 2.20. The number of pyridine rings is 1. The Kier molecular flexibility index (Phi) is 4.74. The molecule has 1 N–H and O–H groups in total. The van der Waals surface area contributed by atoms with Gasteiger partial charge in [0.15, 0.2) is 0 Å². The predicted molar refractivity (Wildman–Crippen MR) is 89.5 cm³/mol. The highest BCUT2D eigenvalue weighted by molar-refractivity contribution is 6.33. The molecule has 0 atom stereocenters. The van der Waals surface area contributed by atoms with E-state index in [2.05, 4.69) is 16.4 Å². The van der Waals surface area contributed by atoms with E-state index in [1.807, 2.05) is 18.2 Å². The van der Waals surface area contributed by atoms with Gasteiger partial charge in [-0.05, 0) is 42.5 Å².